The highest BCUT2D eigenvalue weighted by molar-refractivity contribution is 5.94. The van der Waals surface area contributed by atoms with Gasteiger partial charge in [-0.25, -0.2) is 0 Å². The number of carbonyl (C=O) groups excluding carboxylic acids is 2. The van der Waals surface area contributed by atoms with E-state index in [1.165, 1.54) is 14.0 Å². The van der Waals surface area contributed by atoms with E-state index in [1.807, 2.05) is 0 Å². The first-order valence-corrected chi connectivity index (χ1v) is 7.43. The number of ketones is 1. The first kappa shape index (κ1) is 16.8. The molecule has 1 atom stereocenters. The van der Waals surface area contributed by atoms with Crippen LogP contribution in [0.2, 0.25) is 0 Å². The van der Waals surface area contributed by atoms with E-state index in [1.54, 1.807) is 25.1 Å². The van der Waals surface area contributed by atoms with Crippen LogP contribution in [0.3, 0.4) is 0 Å². The van der Waals surface area contributed by atoms with Gasteiger partial charge in [-0.15, -0.1) is 0 Å². The van der Waals surface area contributed by atoms with Crippen molar-refractivity contribution in [1.82, 2.24) is 5.32 Å². The molecule has 0 spiro atoms. The van der Waals surface area contributed by atoms with Gasteiger partial charge < -0.3 is 14.8 Å². The lowest BCUT2D eigenvalue weighted by Gasteiger charge is -2.23. The maximum Gasteiger partial charge on any atom is 0.259 e. The van der Waals surface area contributed by atoms with Crippen LogP contribution in [0, 0.1) is 17.2 Å². The van der Waals surface area contributed by atoms with E-state index in [9.17, 15) is 14.9 Å². The molecular weight excluding hydrogens is 296 g/mol. The van der Waals surface area contributed by atoms with Gasteiger partial charge in [-0.05, 0) is 50.8 Å². The molecule has 0 heterocycles. The van der Waals surface area contributed by atoms with E-state index in [-0.39, 0.29) is 24.2 Å². The van der Waals surface area contributed by atoms with E-state index in [2.05, 4.69) is 11.4 Å². The van der Waals surface area contributed by atoms with Crippen LogP contribution in [0.15, 0.2) is 18.2 Å². The van der Waals surface area contributed by atoms with Gasteiger partial charge in [0.2, 0.25) is 0 Å². The van der Waals surface area contributed by atoms with Crippen molar-refractivity contribution in [2.45, 2.75) is 32.2 Å². The number of nitrogens with zero attached hydrogens (tertiary/aromatic N) is 1. The number of methoxy groups -OCH3 is 1. The van der Waals surface area contributed by atoms with Gasteiger partial charge in [0.1, 0.15) is 5.54 Å². The molecule has 0 radical (unpaired) electrons. The summed E-state index contributed by atoms with van der Waals surface area (Å²) in [4.78, 5) is 23.4. The van der Waals surface area contributed by atoms with Crippen LogP contribution in [0.25, 0.3) is 0 Å². The van der Waals surface area contributed by atoms with E-state index in [0.29, 0.717) is 17.1 Å². The molecule has 1 aliphatic carbocycles. The number of amides is 1. The topological polar surface area (TPSA) is 88.4 Å². The summed E-state index contributed by atoms with van der Waals surface area (Å²) in [5.41, 5.74) is -0.340. The Morgan fingerprint density at radius 2 is 2.09 bits per heavy atom. The van der Waals surface area contributed by atoms with Crippen molar-refractivity contribution in [3.05, 3.63) is 23.8 Å². The second kappa shape index (κ2) is 6.69. The first-order valence-electron chi connectivity index (χ1n) is 7.43. The summed E-state index contributed by atoms with van der Waals surface area (Å²) in [5, 5.41) is 12.0. The third-order valence-electron chi connectivity index (χ3n) is 3.95. The van der Waals surface area contributed by atoms with Gasteiger partial charge in [0.25, 0.3) is 5.91 Å². The molecule has 1 unspecified atom stereocenters. The summed E-state index contributed by atoms with van der Waals surface area (Å²) in [6.45, 7) is 2.97. The highest BCUT2D eigenvalue weighted by Gasteiger charge is 2.43. The van der Waals surface area contributed by atoms with Crippen LogP contribution >= 0.6 is 0 Å². The first-order chi connectivity index (χ1) is 10.9. The molecule has 2 rings (SSSR count). The lowest BCUT2D eigenvalue weighted by molar-refractivity contribution is -0.124. The quantitative estimate of drug-likeness (QED) is 0.778. The maximum atomic E-state index is 12.0. The summed E-state index contributed by atoms with van der Waals surface area (Å²) in [6.07, 6.45) is 1.90. The van der Waals surface area contributed by atoms with Crippen LogP contribution in [0.5, 0.6) is 11.5 Å². The van der Waals surface area contributed by atoms with Gasteiger partial charge >= 0.3 is 0 Å². The number of nitrogens with one attached hydrogen (secondary N) is 1. The normalized spacial score (nSPS) is 15.9. The van der Waals surface area contributed by atoms with E-state index in [0.717, 1.165) is 12.8 Å². The third-order valence-corrected chi connectivity index (χ3v) is 3.95. The fourth-order valence-corrected chi connectivity index (χ4v) is 2.36. The zero-order valence-corrected chi connectivity index (χ0v) is 13.5. The molecule has 1 aliphatic rings. The van der Waals surface area contributed by atoms with Gasteiger partial charge in [0.15, 0.2) is 23.9 Å². The zero-order valence-electron chi connectivity index (χ0n) is 13.5. The number of carbonyl (C=O) groups is 2. The number of ether oxygens (including phenoxy) is 2. The molecule has 0 bridgehead atoms. The summed E-state index contributed by atoms with van der Waals surface area (Å²) in [6, 6.07) is 6.93. The molecule has 6 heteroatoms. The van der Waals surface area contributed by atoms with Crippen molar-refractivity contribution in [3.63, 3.8) is 0 Å². The minimum Gasteiger partial charge on any atom is -0.493 e. The number of nitriles is 1. The third kappa shape index (κ3) is 4.01. The highest BCUT2D eigenvalue weighted by atomic mass is 16.5. The lowest BCUT2D eigenvalue weighted by Crippen LogP contribution is -2.48. The average Bonchev–Trinajstić information content (AvgIpc) is 3.37. The monoisotopic (exact) mass is 316 g/mol. The molecule has 1 fully saturated rings. The summed E-state index contributed by atoms with van der Waals surface area (Å²) < 4.78 is 10.6. The van der Waals surface area contributed by atoms with E-state index < -0.39 is 5.54 Å². The van der Waals surface area contributed by atoms with Crippen LogP contribution in [0.4, 0.5) is 0 Å². The van der Waals surface area contributed by atoms with Gasteiger partial charge in [-0.1, -0.05) is 0 Å². The Hall–Kier alpha value is -2.55. The van der Waals surface area contributed by atoms with E-state index >= 15 is 0 Å². The highest BCUT2D eigenvalue weighted by Crippen LogP contribution is 2.39. The van der Waals surface area contributed by atoms with Crippen LogP contribution in [-0.4, -0.2) is 30.9 Å². The molecular formula is C17H20N2O4. The van der Waals surface area contributed by atoms with Crippen LogP contribution in [0.1, 0.15) is 37.0 Å². The lowest BCUT2D eigenvalue weighted by atomic mass is 9.98. The molecule has 1 aromatic rings. The van der Waals surface area contributed by atoms with Gasteiger partial charge in [-0.2, -0.15) is 5.26 Å². The van der Waals surface area contributed by atoms with Crippen molar-refractivity contribution in [3.8, 4) is 17.6 Å². The van der Waals surface area contributed by atoms with Gasteiger partial charge in [0.05, 0.1) is 13.2 Å². The van der Waals surface area contributed by atoms with E-state index in [4.69, 9.17) is 9.47 Å². The van der Waals surface area contributed by atoms with Gasteiger partial charge in [-0.3, -0.25) is 9.59 Å². The number of benzene rings is 1. The number of rotatable bonds is 7. The molecule has 0 aliphatic heterocycles. The summed E-state index contributed by atoms with van der Waals surface area (Å²) >= 11 is 0. The molecule has 6 nitrogen and oxygen atoms in total. The molecule has 0 aromatic heterocycles. The molecule has 1 N–H and O–H groups in total. The van der Waals surface area contributed by atoms with Crippen molar-refractivity contribution in [1.29, 1.82) is 5.26 Å². The van der Waals surface area contributed by atoms with Gasteiger partial charge in [0, 0.05) is 5.56 Å². The molecule has 0 saturated heterocycles. The molecule has 1 saturated carbocycles. The molecule has 23 heavy (non-hydrogen) atoms. The smallest absolute Gasteiger partial charge is 0.259 e. The minimum absolute atomic E-state index is 0.0817. The molecule has 1 amide bonds. The largest absolute Gasteiger partial charge is 0.493 e. The van der Waals surface area contributed by atoms with Crippen LogP contribution < -0.4 is 14.8 Å². The summed E-state index contributed by atoms with van der Waals surface area (Å²) in [5.74, 6) is 0.523. The number of hydrogen-bond acceptors (Lipinski definition) is 5. The average molecular weight is 316 g/mol. The maximum absolute atomic E-state index is 12.0. The zero-order chi connectivity index (χ0) is 17.0. The Labute approximate surface area is 135 Å². The number of Topliss-reactive ketones (excluding diaryl/α,β-unsaturated/α-hetero) is 1. The fourth-order valence-electron chi connectivity index (χ4n) is 2.36. The number of hydrogen-bond donors (Lipinski definition) is 1. The molecule has 122 valence electrons. The van der Waals surface area contributed by atoms with Crippen molar-refractivity contribution in [2.75, 3.05) is 13.7 Å². The Morgan fingerprint density at radius 3 is 2.61 bits per heavy atom. The summed E-state index contributed by atoms with van der Waals surface area (Å²) in [7, 11) is 1.46. The second-order valence-electron chi connectivity index (χ2n) is 5.85. The van der Waals surface area contributed by atoms with Crippen LogP contribution in [-0.2, 0) is 4.79 Å². The van der Waals surface area contributed by atoms with Crippen molar-refractivity contribution in [2.24, 2.45) is 5.92 Å². The van der Waals surface area contributed by atoms with Crippen molar-refractivity contribution < 1.29 is 19.1 Å². The Kier molecular flexibility index (Phi) is 4.89. The standard InChI is InChI=1S/C17H20N2O4/c1-11(20)12-4-7-14(15(8-12)22-3)23-9-16(21)19-17(2,10-18)13-5-6-13/h4,7-8,13H,5-6,9H2,1-3H3,(H,19,21). The minimum atomic E-state index is -0.844. The Balaban J connectivity index is 1.99. The SMILES string of the molecule is COc1cc(C(C)=O)ccc1OCC(=O)NC(C)(C#N)C1CC1. The molecule has 1 aromatic carbocycles. The Morgan fingerprint density at radius 1 is 1.39 bits per heavy atom. The predicted molar refractivity (Wildman–Crippen MR) is 83.4 cm³/mol. The van der Waals surface area contributed by atoms with Crippen molar-refractivity contribution >= 4 is 11.7 Å². The fraction of sp³-hybridized carbons (Fsp3) is 0.471. The Bertz CT molecular complexity index is 661. The second-order valence-corrected chi connectivity index (χ2v) is 5.85. The predicted octanol–water partition coefficient (Wildman–Crippen LogP) is 2.09.